The summed E-state index contributed by atoms with van der Waals surface area (Å²) in [7, 11) is 0. The van der Waals surface area contributed by atoms with Crippen molar-refractivity contribution >= 4 is 28.3 Å². The summed E-state index contributed by atoms with van der Waals surface area (Å²) in [5, 5.41) is 17.3. The maximum absolute atomic E-state index is 13.4. The summed E-state index contributed by atoms with van der Waals surface area (Å²) in [5.74, 6) is -0.398. The minimum Gasteiger partial charge on any atom is -0.507 e. The molecule has 4 N–H and O–H groups in total. The fraction of sp³-hybridized carbons (Fsp3) is 0.0833. The summed E-state index contributed by atoms with van der Waals surface area (Å²) in [6.45, 7) is 1.70. The second-order valence-electron chi connectivity index (χ2n) is 7.53. The average molecular weight is 441 g/mol. The van der Waals surface area contributed by atoms with Gasteiger partial charge in [0.1, 0.15) is 28.0 Å². The average Bonchev–Trinajstić information content (AvgIpc) is 3.15. The number of nitrogens with one attached hydrogen (secondary N) is 1. The Morgan fingerprint density at radius 3 is 2.73 bits per heavy atom. The van der Waals surface area contributed by atoms with Crippen LogP contribution in [-0.2, 0) is 0 Å². The van der Waals surface area contributed by atoms with Crippen molar-refractivity contribution in [3.05, 3.63) is 88.5 Å². The summed E-state index contributed by atoms with van der Waals surface area (Å²) >= 11 is 0. The first-order chi connectivity index (χ1) is 16.0. The van der Waals surface area contributed by atoms with Crippen LogP contribution in [-0.4, -0.2) is 25.6 Å². The zero-order valence-corrected chi connectivity index (χ0v) is 17.5. The van der Waals surface area contributed by atoms with E-state index in [1.54, 1.807) is 61.8 Å². The van der Waals surface area contributed by atoms with Crippen molar-refractivity contribution in [2.75, 3.05) is 5.73 Å². The maximum Gasteiger partial charge on any atom is 0.259 e. The van der Waals surface area contributed by atoms with Gasteiger partial charge in [-0.3, -0.25) is 9.59 Å². The third kappa shape index (κ3) is 3.35. The predicted octanol–water partition coefficient (Wildman–Crippen LogP) is 3.28. The molecule has 2 aromatic carbocycles. The predicted molar refractivity (Wildman–Crippen MR) is 123 cm³/mol. The number of anilines is 1. The van der Waals surface area contributed by atoms with Gasteiger partial charge in [-0.05, 0) is 30.7 Å². The molecule has 0 bridgehead atoms. The highest BCUT2D eigenvalue weighted by Crippen LogP contribution is 2.32. The van der Waals surface area contributed by atoms with Crippen molar-refractivity contribution in [2.24, 2.45) is 0 Å². The number of carbonyl (C=O) groups excluding carboxylic acids is 1. The number of nitrogen functional groups attached to an aromatic ring is 1. The minimum atomic E-state index is -0.717. The van der Waals surface area contributed by atoms with Crippen LogP contribution < -0.4 is 16.5 Å². The molecule has 0 saturated carbocycles. The zero-order valence-electron chi connectivity index (χ0n) is 17.5. The molecule has 164 valence electrons. The van der Waals surface area contributed by atoms with Crippen LogP contribution in [0.15, 0.2) is 76.2 Å². The third-order valence-corrected chi connectivity index (χ3v) is 5.38. The summed E-state index contributed by atoms with van der Waals surface area (Å²) in [5.41, 5.74) is 7.09. The lowest BCUT2D eigenvalue weighted by Gasteiger charge is -2.17. The number of rotatable bonds is 4. The maximum atomic E-state index is 13.4. The minimum absolute atomic E-state index is 0.0339. The van der Waals surface area contributed by atoms with Crippen molar-refractivity contribution in [2.45, 2.75) is 13.0 Å². The summed E-state index contributed by atoms with van der Waals surface area (Å²) < 4.78 is 7.48. The van der Waals surface area contributed by atoms with E-state index in [1.165, 1.54) is 10.6 Å². The number of phenolic OH excluding ortho intramolecular Hbond substituents is 1. The van der Waals surface area contributed by atoms with E-state index in [4.69, 9.17) is 10.2 Å². The molecule has 5 rings (SSSR count). The second kappa shape index (κ2) is 7.79. The van der Waals surface area contributed by atoms with Crippen LogP contribution in [0.3, 0.4) is 0 Å². The van der Waals surface area contributed by atoms with Crippen molar-refractivity contribution in [1.29, 1.82) is 0 Å². The molecule has 0 aliphatic heterocycles. The van der Waals surface area contributed by atoms with Crippen LogP contribution in [0.4, 0.5) is 5.82 Å². The lowest BCUT2D eigenvalue weighted by Crippen LogP contribution is -2.28. The molecule has 1 atom stereocenters. The number of benzene rings is 2. The molecule has 0 fully saturated rings. The first kappa shape index (κ1) is 20.3. The van der Waals surface area contributed by atoms with Crippen molar-refractivity contribution < 1.29 is 14.3 Å². The quantitative estimate of drug-likeness (QED) is 0.389. The lowest BCUT2D eigenvalue weighted by atomic mass is 9.99. The van der Waals surface area contributed by atoms with E-state index in [2.05, 4.69) is 15.4 Å². The molecule has 3 heterocycles. The van der Waals surface area contributed by atoms with Gasteiger partial charge >= 0.3 is 0 Å². The molecule has 0 saturated heterocycles. The van der Waals surface area contributed by atoms with Gasteiger partial charge in [0.15, 0.2) is 11.5 Å². The highest BCUT2D eigenvalue weighted by molar-refractivity contribution is 6.04. The number of phenols is 1. The molecule has 9 heteroatoms. The van der Waals surface area contributed by atoms with Crippen LogP contribution in [0, 0.1) is 0 Å². The Hall–Kier alpha value is -4.66. The molecule has 3 aromatic heterocycles. The Labute approximate surface area is 187 Å². The number of fused-ring (bicyclic) bond motifs is 2. The molecule has 1 unspecified atom stereocenters. The Kier molecular flexibility index (Phi) is 4.78. The lowest BCUT2D eigenvalue weighted by molar-refractivity contribution is 0.0938. The van der Waals surface area contributed by atoms with E-state index in [0.29, 0.717) is 11.2 Å². The number of aromatic nitrogens is 3. The fourth-order valence-electron chi connectivity index (χ4n) is 3.88. The van der Waals surface area contributed by atoms with E-state index >= 15 is 0 Å². The van der Waals surface area contributed by atoms with E-state index in [-0.39, 0.29) is 39.4 Å². The molecule has 0 aliphatic carbocycles. The standard InChI is InChI=1S/C24H19N5O4/c1-13(27-24(32)19-22(25)28-29-12-6-11-26-23(19)29)21-17(14-7-3-2-4-8-14)20(31)18-15(30)9-5-10-16(18)33-21/h2-13,30H,1H3,(H2,25,28)(H,27,32). The van der Waals surface area contributed by atoms with E-state index < -0.39 is 17.4 Å². The number of hydrogen-bond donors (Lipinski definition) is 3. The van der Waals surface area contributed by atoms with E-state index in [1.807, 2.05) is 6.07 Å². The van der Waals surface area contributed by atoms with Gasteiger partial charge in [-0.15, -0.1) is 5.10 Å². The monoisotopic (exact) mass is 441 g/mol. The summed E-state index contributed by atoms with van der Waals surface area (Å²) in [6, 6.07) is 14.5. The van der Waals surface area contributed by atoms with Crippen LogP contribution in [0.2, 0.25) is 0 Å². The van der Waals surface area contributed by atoms with Gasteiger partial charge < -0.3 is 20.6 Å². The number of amides is 1. The number of carbonyl (C=O) groups is 1. The van der Waals surface area contributed by atoms with E-state index in [0.717, 1.165) is 0 Å². The normalized spacial score (nSPS) is 12.2. The van der Waals surface area contributed by atoms with Crippen LogP contribution in [0.1, 0.15) is 29.1 Å². The first-order valence-corrected chi connectivity index (χ1v) is 10.2. The topological polar surface area (TPSA) is 136 Å². The molecule has 0 spiro atoms. The molecular weight excluding hydrogens is 422 g/mol. The number of nitrogens with zero attached hydrogens (tertiary/aromatic N) is 3. The van der Waals surface area contributed by atoms with Gasteiger partial charge in [0, 0.05) is 12.4 Å². The largest absolute Gasteiger partial charge is 0.507 e. The Bertz CT molecular complexity index is 1570. The SMILES string of the molecule is CC(NC(=O)c1c(N)nn2cccnc12)c1oc2cccc(O)c2c(=O)c1-c1ccccc1. The number of nitrogens with two attached hydrogens (primary N) is 1. The van der Waals surface area contributed by atoms with Crippen molar-refractivity contribution in [1.82, 2.24) is 19.9 Å². The molecule has 9 nitrogen and oxygen atoms in total. The van der Waals surface area contributed by atoms with Crippen LogP contribution >= 0.6 is 0 Å². The zero-order chi connectivity index (χ0) is 23.1. The van der Waals surface area contributed by atoms with E-state index in [9.17, 15) is 14.7 Å². The Morgan fingerprint density at radius 1 is 1.15 bits per heavy atom. The molecule has 0 radical (unpaired) electrons. The fourth-order valence-corrected chi connectivity index (χ4v) is 3.88. The van der Waals surface area contributed by atoms with Gasteiger partial charge in [0.2, 0.25) is 5.43 Å². The summed E-state index contributed by atoms with van der Waals surface area (Å²) in [4.78, 5) is 30.8. The Balaban J connectivity index is 1.64. The van der Waals surface area contributed by atoms with Crippen LogP contribution in [0.25, 0.3) is 27.7 Å². The molecule has 5 aromatic rings. The second-order valence-corrected chi connectivity index (χ2v) is 7.53. The van der Waals surface area contributed by atoms with Gasteiger partial charge in [-0.1, -0.05) is 36.4 Å². The van der Waals surface area contributed by atoms with Crippen molar-refractivity contribution in [3.8, 4) is 16.9 Å². The highest BCUT2D eigenvalue weighted by atomic mass is 16.3. The summed E-state index contributed by atoms with van der Waals surface area (Å²) in [6.07, 6.45) is 3.18. The number of aromatic hydroxyl groups is 1. The smallest absolute Gasteiger partial charge is 0.259 e. The third-order valence-electron chi connectivity index (χ3n) is 5.38. The van der Waals surface area contributed by atoms with Gasteiger partial charge in [0.05, 0.1) is 11.6 Å². The van der Waals surface area contributed by atoms with Gasteiger partial charge in [-0.2, -0.15) is 0 Å². The van der Waals surface area contributed by atoms with Crippen LogP contribution in [0.5, 0.6) is 5.75 Å². The number of hydrogen-bond acceptors (Lipinski definition) is 7. The van der Waals surface area contributed by atoms with Gasteiger partial charge in [-0.25, -0.2) is 9.50 Å². The molecule has 33 heavy (non-hydrogen) atoms. The Morgan fingerprint density at radius 2 is 1.94 bits per heavy atom. The van der Waals surface area contributed by atoms with Crippen molar-refractivity contribution in [3.63, 3.8) is 0 Å². The van der Waals surface area contributed by atoms with Gasteiger partial charge in [0.25, 0.3) is 5.91 Å². The molecule has 1 amide bonds. The molecule has 0 aliphatic rings. The highest BCUT2D eigenvalue weighted by Gasteiger charge is 2.26. The first-order valence-electron chi connectivity index (χ1n) is 10.2. The molecular formula is C24H19N5O4.